The van der Waals surface area contributed by atoms with E-state index in [0.29, 0.717) is 12.2 Å². The van der Waals surface area contributed by atoms with Crippen LogP contribution in [-0.2, 0) is 30.9 Å². The van der Waals surface area contributed by atoms with Gasteiger partial charge in [0.25, 0.3) is 0 Å². The van der Waals surface area contributed by atoms with Crippen LogP contribution in [0.5, 0.6) is 0 Å². The van der Waals surface area contributed by atoms with Crippen LogP contribution in [0.25, 0.3) is 0 Å². The number of carbonyl (C=O) groups excluding carboxylic acids is 2. The minimum Gasteiger partial charge on any atom is -0.465 e. The molecule has 2 aromatic carbocycles. The van der Waals surface area contributed by atoms with Gasteiger partial charge < -0.3 is 10.1 Å². The molecule has 0 heterocycles. The maximum absolute atomic E-state index is 13.1. The molecule has 2 rings (SSSR count). The molecule has 0 fully saturated rings. The van der Waals surface area contributed by atoms with Crippen LogP contribution in [0.1, 0.15) is 18.9 Å². The highest BCUT2D eigenvalue weighted by Crippen LogP contribution is 2.14. The van der Waals surface area contributed by atoms with Crippen LogP contribution in [0.3, 0.4) is 0 Å². The molecule has 0 aliphatic rings. The number of hydrogen-bond acceptors (Lipinski definition) is 6. The van der Waals surface area contributed by atoms with Crippen LogP contribution < -0.4 is 10.5 Å². The van der Waals surface area contributed by atoms with Gasteiger partial charge in [-0.1, -0.05) is 18.2 Å². The Bertz CT molecular complexity index is 980. The second-order valence-electron chi connectivity index (χ2n) is 6.51. The summed E-state index contributed by atoms with van der Waals surface area (Å²) in [4.78, 5) is 25.8. The van der Waals surface area contributed by atoms with Crippen molar-refractivity contribution in [3.63, 3.8) is 0 Å². The predicted octanol–water partition coefficient (Wildman–Crippen LogP) is 1.87. The van der Waals surface area contributed by atoms with E-state index in [1.54, 1.807) is 30.0 Å². The van der Waals surface area contributed by atoms with Crippen molar-refractivity contribution in [3.05, 3.63) is 59.9 Å². The summed E-state index contributed by atoms with van der Waals surface area (Å²) in [7, 11) is -3.88. The molecule has 1 amide bonds. The first-order valence-corrected chi connectivity index (χ1v) is 10.8. The Labute approximate surface area is 174 Å². The fourth-order valence-electron chi connectivity index (χ4n) is 2.69. The summed E-state index contributed by atoms with van der Waals surface area (Å²) < 4.78 is 40.9. The Balaban J connectivity index is 2.00. The van der Waals surface area contributed by atoms with E-state index in [2.05, 4.69) is 5.32 Å². The number of ether oxygens (including phenoxy) is 1. The largest absolute Gasteiger partial charge is 0.465 e. The van der Waals surface area contributed by atoms with Crippen molar-refractivity contribution in [2.45, 2.75) is 24.8 Å². The number of hydrogen-bond donors (Lipinski definition) is 2. The summed E-state index contributed by atoms with van der Waals surface area (Å²) in [6.45, 7) is 2.47. The molecule has 0 aliphatic heterocycles. The van der Waals surface area contributed by atoms with Crippen LogP contribution in [0.4, 0.5) is 10.1 Å². The first-order chi connectivity index (χ1) is 14.2. The van der Waals surface area contributed by atoms with E-state index in [0.717, 1.165) is 5.56 Å². The third kappa shape index (κ3) is 7.90. The number of halogens is 1. The Morgan fingerprint density at radius 1 is 1.17 bits per heavy atom. The molecule has 0 spiro atoms. The smallest absolute Gasteiger partial charge is 0.320 e. The van der Waals surface area contributed by atoms with Crippen molar-refractivity contribution in [2.75, 3.05) is 25.0 Å². The van der Waals surface area contributed by atoms with Gasteiger partial charge in [0.2, 0.25) is 15.9 Å². The average molecular weight is 437 g/mol. The minimum atomic E-state index is -3.88. The number of nitrogens with zero attached hydrogens (tertiary/aromatic N) is 1. The summed E-state index contributed by atoms with van der Waals surface area (Å²) in [6.07, 6.45) is 0.0419. The number of anilines is 1. The highest BCUT2D eigenvalue weighted by molar-refractivity contribution is 7.89. The molecule has 0 saturated heterocycles. The van der Waals surface area contributed by atoms with Crippen LogP contribution in [0.15, 0.2) is 53.4 Å². The normalized spacial score (nSPS) is 11.3. The van der Waals surface area contributed by atoms with Gasteiger partial charge in [0, 0.05) is 25.2 Å². The van der Waals surface area contributed by atoms with Crippen molar-refractivity contribution in [2.24, 2.45) is 5.14 Å². The molecule has 0 unspecified atom stereocenters. The summed E-state index contributed by atoms with van der Waals surface area (Å²) in [5, 5.41) is 7.70. The van der Waals surface area contributed by atoms with Crippen molar-refractivity contribution < 1.29 is 27.1 Å². The Morgan fingerprint density at radius 3 is 2.50 bits per heavy atom. The maximum Gasteiger partial charge on any atom is 0.320 e. The van der Waals surface area contributed by atoms with Crippen LogP contribution >= 0.6 is 0 Å². The van der Waals surface area contributed by atoms with Gasteiger partial charge in [-0.15, -0.1) is 0 Å². The minimum absolute atomic E-state index is 0.0284. The van der Waals surface area contributed by atoms with E-state index < -0.39 is 16.0 Å². The van der Waals surface area contributed by atoms with Crippen molar-refractivity contribution in [1.82, 2.24) is 4.90 Å². The molecule has 162 valence electrons. The van der Waals surface area contributed by atoms with Gasteiger partial charge in [-0.25, -0.2) is 17.9 Å². The number of primary sulfonamides is 1. The van der Waals surface area contributed by atoms with E-state index in [1.807, 2.05) is 0 Å². The van der Waals surface area contributed by atoms with Crippen LogP contribution in [0, 0.1) is 5.82 Å². The third-order valence-electron chi connectivity index (χ3n) is 4.08. The molecule has 0 radical (unpaired) electrons. The highest BCUT2D eigenvalue weighted by atomic mass is 32.2. The van der Waals surface area contributed by atoms with Crippen molar-refractivity contribution >= 4 is 27.6 Å². The summed E-state index contributed by atoms with van der Waals surface area (Å²) in [5.74, 6) is -1.16. The zero-order valence-electron chi connectivity index (χ0n) is 16.5. The van der Waals surface area contributed by atoms with Gasteiger partial charge in [-0.3, -0.25) is 14.5 Å². The first-order valence-electron chi connectivity index (χ1n) is 9.22. The molecule has 10 heteroatoms. The lowest BCUT2D eigenvalue weighted by Gasteiger charge is -2.21. The molecule has 0 aliphatic carbocycles. The number of carbonyl (C=O) groups is 2. The van der Waals surface area contributed by atoms with Gasteiger partial charge in [0.05, 0.1) is 18.0 Å². The molecular weight excluding hydrogens is 413 g/mol. The monoisotopic (exact) mass is 437 g/mol. The Morgan fingerprint density at radius 2 is 1.87 bits per heavy atom. The van der Waals surface area contributed by atoms with Crippen molar-refractivity contribution in [1.29, 1.82) is 0 Å². The molecule has 2 aromatic rings. The Hall–Kier alpha value is -2.82. The quantitative estimate of drug-likeness (QED) is 0.548. The number of amides is 1. The van der Waals surface area contributed by atoms with E-state index >= 15 is 0 Å². The van der Waals surface area contributed by atoms with Gasteiger partial charge in [-0.05, 0) is 42.8 Å². The summed E-state index contributed by atoms with van der Waals surface area (Å²) >= 11 is 0. The number of sulfonamides is 1. The van der Waals surface area contributed by atoms with Crippen molar-refractivity contribution in [3.8, 4) is 0 Å². The predicted molar refractivity (Wildman–Crippen MR) is 109 cm³/mol. The lowest BCUT2D eigenvalue weighted by atomic mass is 10.2. The van der Waals surface area contributed by atoms with E-state index in [4.69, 9.17) is 9.88 Å². The standard InChI is InChI=1S/C20H24FN3O5S/c1-2-29-20(26)14-24(13-15-6-8-16(21)9-7-15)11-10-19(25)23-17-4-3-5-18(12-17)30(22,27)28/h3-9,12H,2,10-11,13-14H2,1H3,(H,23,25)(H2,22,27,28). The van der Waals surface area contributed by atoms with Crippen LogP contribution in [0.2, 0.25) is 0 Å². The third-order valence-corrected chi connectivity index (χ3v) is 4.99. The number of esters is 1. The molecule has 0 atom stereocenters. The second-order valence-corrected chi connectivity index (χ2v) is 8.07. The second kappa shape index (κ2) is 10.8. The Kier molecular flexibility index (Phi) is 8.46. The zero-order chi connectivity index (χ0) is 22.1. The number of benzene rings is 2. The lowest BCUT2D eigenvalue weighted by molar-refractivity contribution is -0.144. The molecule has 3 N–H and O–H groups in total. The van der Waals surface area contributed by atoms with Gasteiger partial charge >= 0.3 is 5.97 Å². The SMILES string of the molecule is CCOC(=O)CN(CCC(=O)Nc1cccc(S(N)(=O)=O)c1)Cc1ccc(F)cc1. The topological polar surface area (TPSA) is 119 Å². The molecule has 0 saturated carbocycles. The fourth-order valence-corrected chi connectivity index (χ4v) is 3.24. The number of nitrogens with two attached hydrogens (primary N) is 1. The maximum atomic E-state index is 13.1. The molecule has 30 heavy (non-hydrogen) atoms. The number of rotatable bonds is 10. The number of nitrogens with one attached hydrogen (secondary N) is 1. The summed E-state index contributed by atoms with van der Waals surface area (Å²) in [5.41, 5.74) is 1.07. The first kappa shape index (κ1) is 23.5. The average Bonchev–Trinajstić information content (AvgIpc) is 2.67. The zero-order valence-corrected chi connectivity index (χ0v) is 17.3. The molecule has 8 nitrogen and oxygen atoms in total. The van der Waals surface area contributed by atoms with E-state index in [-0.39, 0.29) is 42.7 Å². The summed E-state index contributed by atoms with van der Waals surface area (Å²) in [6, 6.07) is 11.5. The van der Waals surface area contributed by atoms with E-state index in [1.165, 1.54) is 30.3 Å². The van der Waals surface area contributed by atoms with Gasteiger partial charge in [-0.2, -0.15) is 0 Å². The molecule has 0 bridgehead atoms. The molecular formula is C20H24FN3O5S. The van der Waals surface area contributed by atoms with Gasteiger partial charge in [0.15, 0.2) is 0 Å². The highest BCUT2D eigenvalue weighted by Gasteiger charge is 2.15. The lowest BCUT2D eigenvalue weighted by Crippen LogP contribution is -2.33. The van der Waals surface area contributed by atoms with Gasteiger partial charge in [0.1, 0.15) is 5.82 Å². The fraction of sp³-hybridized carbons (Fsp3) is 0.300. The van der Waals surface area contributed by atoms with E-state index in [9.17, 15) is 22.4 Å². The molecule has 0 aromatic heterocycles. The van der Waals surface area contributed by atoms with Crippen LogP contribution in [-0.4, -0.2) is 44.9 Å².